The number of alkyl halides is 3. The highest BCUT2D eigenvalue weighted by atomic mass is 32.1. The Morgan fingerprint density at radius 1 is 1.30 bits per heavy atom. The first-order valence-electron chi connectivity index (χ1n) is 5.64. The summed E-state index contributed by atoms with van der Waals surface area (Å²) in [6.45, 7) is 0.361. The van der Waals surface area contributed by atoms with Gasteiger partial charge in [0.2, 0.25) is 0 Å². The maximum absolute atomic E-state index is 12.9. The average molecular weight is 300 g/mol. The molecule has 106 valence electrons. The first-order chi connectivity index (χ1) is 9.38. The van der Waals surface area contributed by atoms with Crippen LogP contribution in [-0.2, 0) is 12.7 Å². The summed E-state index contributed by atoms with van der Waals surface area (Å²) in [6.07, 6.45) is -1.50. The molecule has 0 aliphatic rings. The van der Waals surface area contributed by atoms with Crippen LogP contribution in [0.4, 0.5) is 18.9 Å². The van der Waals surface area contributed by atoms with E-state index in [0.29, 0.717) is 12.2 Å². The van der Waals surface area contributed by atoms with Crippen molar-refractivity contribution >= 4 is 22.9 Å². The molecule has 0 aliphatic heterocycles. The quantitative estimate of drug-likeness (QED) is 0.848. The summed E-state index contributed by atoms with van der Waals surface area (Å²) in [6, 6.07) is 5.49. The third-order valence-corrected chi connectivity index (χ3v) is 2.89. The first kappa shape index (κ1) is 14.4. The number of hydrogen-bond acceptors (Lipinski definition) is 3. The van der Waals surface area contributed by atoms with Gasteiger partial charge in [-0.05, 0) is 24.3 Å². The number of rotatable bonds is 4. The Labute approximate surface area is 118 Å². The fraction of sp³-hybridized carbons (Fsp3) is 0.154. The number of halogens is 3. The Morgan fingerprint density at radius 3 is 2.60 bits per heavy atom. The second-order valence-electron chi connectivity index (χ2n) is 4.11. The summed E-state index contributed by atoms with van der Waals surface area (Å²) in [4.78, 5) is -0.279. The predicted octanol–water partition coefficient (Wildman–Crippen LogP) is 3.54. The van der Waals surface area contributed by atoms with Crippen molar-refractivity contribution in [1.29, 1.82) is 0 Å². The lowest BCUT2D eigenvalue weighted by Crippen LogP contribution is -2.18. The number of hydrogen-bond donors (Lipinski definition) is 2. The van der Waals surface area contributed by atoms with Gasteiger partial charge < -0.3 is 15.5 Å². The zero-order valence-electron chi connectivity index (χ0n) is 10.2. The number of nitrogens with two attached hydrogens (primary N) is 1. The number of benzene rings is 1. The first-order valence-corrected chi connectivity index (χ1v) is 6.05. The van der Waals surface area contributed by atoms with Crippen LogP contribution < -0.4 is 11.1 Å². The van der Waals surface area contributed by atoms with Gasteiger partial charge in [0.05, 0.1) is 18.1 Å². The molecule has 20 heavy (non-hydrogen) atoms. The van der Waals surface area contributed by atoms with Crippen molar-refractivity contribution in [3.05, 3.63) is 53.5 Å². The summed E-state index contributed by atoms with van der Waals surface area (Å²) in [5, 5.41) is 2.88. The average Bonchev–Trinajstić information content (AvgIpc) is 2.88. The summed E-state index contributed by atoms with van der Waals surface area (Å²) in [5.41, 5.74) is 5.45. The molecule has 0 amide bonds. The maximum atomic E-state index is 12.9. The molecule has 0 aliphatic carbocycles. The van der Waals surface area contributed by atoms with E-state index in [-0.39, 0.29) is 10.6 Å². The van der Waals surface area contributed by atoms with E-state index in [4.69, 9.17) is 10.2 Å². The molecule has 0 saturated carbocycles. The summed E-state index contributed by atoms with van der Waals surface area (Å²) in [5.74, 6) is 0. The van der Waals surface area contributed by atoms with Crippen molar-refractivity contribution in [2.75, 3.05) is 5.32 Å². The number of thiocarbonyl (C=S) groups is 1. The number of furan rings is 1. The molecule has 0 saturated heterocycles. The fourth-order valence-corrected chi connectivity index (χ4v) is 1.88. The maximum Gasteiger partial charge on any atom is 0.417 e. The van der Waals surface area contributed by atoms with Crippen LogP contribution in [0.5, 0.6) is 0 Å². The molecule has 1 heterocycles. The lowest BCUT2D eigenvalue weighted by atomic mass is 10.1. The van der Waals surface area contributed by atoms with Gasteiger partial charge in [0.1, 0.15) is 4.99 Å². The molecule has 1 aromatic carbocycles. The van der Waals surface area contributed by atoms with Crippen LogP contribution in [0, 0.1) is 0 Å². The van der Waals surface area contributed by atoms with Gasteiger partial charge in [0.15, 0.2) is 0 Å². The smallest absolute Gasteiger partial charge is 0.417 e. The van der Waals surface area contributed by atoms with Gasteiger partial charge in [-0.3, -0.25) is 0 Å². The SMILES string of the molecule is NC(=S)c1ccc(NCc2ccoc2)cc1C(F)(F)F. The van der Waals surface area contributed by atoms with Crippen LogP contribution in [0.3, 0.4) is 0 Å². The van der Waals surface area contributed by atoms with E-state index in [2.05, 4.69) is 17.5 Å². The molecule has 0 bridgehead atoms. The standard InChI is InChI=1S/C13H11F3N2OS/c14-13(15,16)11-5-9(1-2-10(11)12(17)20)18-6-8-3-4-19-7-8/h1-5,7,18H,6H2,(H2,17,20). The van der Waals surface area contributed by atoms with Crippen molar-refractivity contribution in [3.8, 4) is 0 Å². The van der Waals surface area contributed by atoms with E-state index >= 15 is 0 Å². The number of nitrogens with one attached hydrogen (secondary N) is 1. The van der Waals surface area contributed by atoms with Gasteiger partial charge >= 0.3 is 6.18 Å². The Bertz CT molecular complexity index is 609. The monoisotopic (exact) mass is 300 g/mol. The summed E-state index contributed by atoms with van der Waals surface area (Å²) >= 11 is 4.64. The normalized spacial score (nSPS) is 11.3. The molecule has 2 aromatic rings. The van der Waals surface area contributed by atoms with Gasteiger partial charge in [0.25, 0.3) is 0 Å². The van der Waals surface area contributed by atoms with Crippen molar-refractivity contribution in [2.24, 2.45) is 5.73 Å². The van der Waals surface area contributed by atoms with Crippen molar-refractivity contribution in [3.63, 3.8) is 0 Å². The fourth-order valence-electron chi connectivity index (χ4n) is 1.70. The topological polar surface area (TPSA) is 51.2 Å². The number of anilines is 1. The highest BCUT2D eigenvalue weighted by Gasteiger charge is 2.34. The minimum Gasteiger partial charge on any atom is -0.472 e. The zero-order chi connectivity index (χ0) is 14.8. The van der Waals surface area contributed by atoms with Gasteiger partial charge in [-0.25, -0.2) is 0 Å². The third-order valence-electron chi connectivity index (χ3n) is 2.67. The summed E-state index contributed by atoms with van der Waals surface area (Å²) in [7, 11) is 0. The van der Waals surface area contributed by atoms with E-state index < -0.39 is 11.7 Å². The van der Waals surface area contributed by atoms with Crippen molar-refractivity contribution in [1.82, 2.24) is 0 Å². The molecule has 0 spiro atoms. The van der Waals surface area contributed by atoms with Crippen molar-refractivity contribution < 1.29 is 17.6 Å². The van der Waals surface area contributed by atoms with Crippen LogP contribution in [-0.4, -0.2) is 4.99 Å². The largest absolute Gasteiger partial charge is 0.472 e. The van der Waals surface area contributed by atoms with E-state index in [1.54, 1.807) is 6.07 Å². The zero-order valence-corrected chi connectivity index (χ0v) is 11.0. The molecule has 3 nitrogen and oxygen atoms in total. The van der Waals surface area contributed by atoms with E-state index in [1.165, 1.54) is 24.7 Å². The van der Waals surface area contributed by atoms with E-state index in [0.717, 1.165) is 11.6 Å². The van der Waals surface area contributed by atoms with Gasteiger partial charge in [-0.2, -0.15) is 13.2 Å². The molecule has 7 heteroatoms. The molecular weight excluding hydrogens is 289 g/mol. The summed E-state index contributed by atoms with van der Waals surface area (Å²) < 4.78 is 43.7. The van der Waals surface area contributed by atoms with E-state index in [1.807, 2.05) is 0 Å². The molecule has 2 rings (SSSR count). The highest BCUT2D eigenvalue weighted by Crippen LogP contribution is 2.34. The Hall–Kier alpha value is -2.02. The van der Waals surface area contributed by atoms with Crippen molar-refractivity contribution in [2.45, 2.75) is 12.7 Å². The molecule has 0 radical (unpaired) electrons. The lowest BCUT2D eigenvalue weighted by molar-refractivity contribution is -0.137. The van der Waals surface area contributed by atoms with Crippen LogP contribution in [0.25, 0.3) is 0 Å². The minimum absolute atomic E-state index is 0.179. The molecule has 0 atom stereocenters. The predicted molar refractivity (Wildman–Crippen MR) is 73.4 cm³/mol. The Morgan fingerprint density at radius 2 is 2.05 bits per heavy atom. The van der Waals surface area contributed by atoms with Gasteiger partial charge in [-0.15, -0.1) is 0 Å². The molecule has 0 unspecified atom stereocenters. The third kappa shape index (κ3) is 3.30. The minimum atomic E-state index is -4.51. The second kappa shape index (κ2) is 5.54. The molecule has 3 N–H and O–H groups in total. The Kier molecular flexibility index (Phi) is 3.99. The van der Waals surface area contributed by atoms with Gasteiger partial charge in [-0.1, -0.05) is 12.2 Å². The Balaban J connectivity index is 2.25. The second-order valence-corrected chi connectivity index (χ2v) is 4.55. The van der Waals surface area contributed by atoms with E-state index in [9.17, 15) is 13.2 Å². The van der Waals surface area contributed by atoms with Gasteiger partial charge in [0, 0.05) is 23.4 Å². The highest BCUT2D eigenvalue weighted by molar-refractivity contribution is 7.80. The van der Waals surface area contributed by atoms with Crippen LogP contribution in [0.1, 0.15) is 16.7 Å². The van der Waals surface area contributed by atoms with Crippen LogP contribution in [0.2, 0.25) is 0 Å². The molecule has 0 fully saturated rings. The lowest BCUT2D eigenvalue weighted by Gasteiger charge is -2.14. The molecule has 1 aromatic heterocycles. The van der Waals surface area contributed by atoms with Crippen LogP contribution in [0.15, 0.2) is 41.2 Å². The molecular formula is C13H11F3N2OS. The van der Waals surface area contributed by atoms with Crippen LogP contribution >= 0.6 is 12.2 Å².